The Bertz CT molecular complexity index is 916. The van der Waals surface area contributed by atoms with Crippen LogP contribution in [0.4, 0.5) is 0 Å². The highest BCUT2D eigenvalue weighted by Crippen LogP contribution is 2.22. The number of hydrogen-bond donors (Lipinski definition) is 3. The lowest BCUT2D eigenvalue weighted by Gasteiger charge is -2.03. The Labute approximate surface area is 127 Å². The molecule has 5 heteroatoms. The molecule has 0 bridgehead atoms. The van der Waals surface area contributed by atoms with Crippen molar-refractivity contribution in [2.45, 2.75) is 19.4 Å². The number of fused-ring (bicyclic) bond motifs is 1. The number of para-hydroxylation sites is 1. The summed E-state index contributed by atoms with van der Waals surface area (Å²) in [6, 6.07) is 8.11. The van der Waals surface area contributed by atoms with Crippen LogP contribution in [0.2, 0.25) is 0 Å². The normalized spacial score (nSPS) is 12.3. The van der Waals surface area contributed by atoms with Crippen molar-refractivity contribution < 1.29 is 5.11 Å². The fourth-order valence-corrected chi connectivity index (χ4v) is 2.68. The molecule has 1 aromatic carbocycles. The molecule has 0 spiro atoms. The SMILES string of the molecule is C=c1[nH][nH]c(=O)c1=Cc1cn(CCCCO)c2ccccc12. The van der Waals surface area contributed by atoms with Gasteiger partial charge in [0.1, 0.15) is 0 Å². The van der Waals surface area contributed by atoms with Crippen molar-refractivity contribution in [2.75, 3.05) is 6.61 Å². The molecule has 0 saturated heterocycles. The minimum atomic E-state index is -0.165. The van der Waals surface area contributed by atoms with Crippen LogP contribution in [-0.2, 0) is 6.54 Å². The van der Waals surface area contributed by atoms with E-state index in [1.54, 1.807) is 0 Å². The molecule has 0 fully saturated rings. The van der Waals surface area contributed by atoms with E-state index in [2.05, 4.69) is 27.4 Å². The number of aromatic nitrogens is 3. The van der Waals surface area contributed by atoms with E-state index in [4.69, 9.17) is 5.11 Å². The summed E-state index contributed by atoms with van der Waals surface area (Å²) in [7, 11) is 0. The quantitative estimate of drug-likeness (QED) is 0.606. The highest BCUT2D eigenvalue weighted by Gasteiger charge is 2.06. The predicted octanol–water partition coefficient (Wildman–Crippen LogP) is 0.669. The standard InChI is InChI=1S/C17H19N3O2/c1-12-15(17(22)19-18-12)10-13-11-20(8-4-5-9-21)16-7-3-2-6-14(13)16/h2-3,6-7,10-11,18,21H,1,4-5,8-9H2,(H,19,22). The third-order valence-corrected chi connectivity index (χ3v) is 3.82. The van der Waals surface area contributed by atoms with E-state index in [-0.39, 0.29) is 12.2 Å². The van der Waals surface area contributed by atoms with Gasteiger partial charge in [0, 0.05) is 35.8 Å². The molecule has 3 rings (SSSR count). The first-order valence-corrected chi connectivity index (χ1v) is 7.37. The fourth-order valence-electron chi connectivity index (χ4n) is 2.68. The van der Waals surface area contributed by atoms with E-state index in [9.17, 15) is 4.79 Å². The molecule has 3 N–H and O–H groups in total. The van der Waals surface area contributed by atoms with E-state index in [0.29, 0.717) is 10.6 Å². The van der Waals surface area contributed by atoms with Crippen LogP contribution in [0.25, 0.3) is 23.6 Å². The van der Waals surface area contributed by atoms with Crippen molar-refractivity contribution in [1.29, 1.82) is 0 Å². The third-order valence-electron chi connectivity index (χ3n) is 3.82. The molecular weight excluding hydrogens is 278 g/mol. The topological polar surface area (TPSA) is 73.8 Å². The van der Waals surface area contributed by atoms with Gasteiger partial charge in [0.15, 0.2) is 0 Å². The first-order valence-electron chi connectivity index (χ1n) is 7.37. The molecule has 5 nitrogen and oxygen atoms in total. The summed E-state index contributed by atoms with van der Waals surface area (Å²) in [6.45, 7) is 4.89. The van der Waals surface area contributed by atoms with Gasteiger partial charge in [-0.15, -0.1) is 0 Å². The van der Waals surface area contributed by atoms with Gasteiger partial charge >= 0.3 is 0 Å². The van der Waals surface area contributed by atoms with Gasteiger partial charge in [-0.1, -0.05) is 24.8 Å². The number of rotatable bonds is 5. The van der Waals surface area contributed by atoms with Crippen LogP contribution >= 0.6 is 0 Å². The van der Waals surface area contributed by atoms with E-state index in [1.165, 1.54) is 0 Å². The van der Waals surface area contributed by atoms with Crippen molar-refractivity contribution in [2.24, 2.45) is 0 Å². The summed E-state index contributed by atoms with van der Waals surface area (Å²) >= 11 is 0. The maximum Gasteiger partial charge on any atom is 0.271 e. The second kappa shape index (κ2) is 6.07. The molecule has 2 heterocycles. The van der Waals surface area contributed by atoms with E-state index in [1.807, 2.05) is 30.5 Å². The van der Waals surface area contributed by atoms with Gasteiger partial charge < -0.3 is 9.67 Å². The minimum absolute atomic E-state index is 0.165. The molecule has 0 atom stereocenters. The summed E-state index contributed by atoms with van der Waals surface area (Å²) in [5.41, 5.74) is 1.96. The van der Waals surface area contributed by atoms with Crippen LogP contribution in [-0.4, -0.2) is 26.5 Å². The maximum absolute atomic E-state index is 11.8. The first-order chi connectivity index (χ1) is 10.7. The van der Waals surface area contributed by atoms with Crippen LogP contribution in [0.15, 0.2) is 35.3 Å². The number of benzene rings is 1. The molecule has 0 unspecified atom stereocenters. The Morgan fingerprint density at radius 1 is 1.23 bits per heavy atom. The van der Waals surface area contributed by atoms with Crippen molar-refractivity contribution >= 4 is 23.6 Å². The summed E-state index contributed by atoms with van der Waals surface area (Å²) < 4.78 is 2.17. The summed E-state index contributed by atoms with van der Waals surface area (Å²) in [4.78, 5) is 11.8. The van der Waals surface area contributed by atoms with Gasteiger partial charge in [-0.2, -0.15) is 0 Å². The number of aliphatic hydroxyl groups is 1. The van der Waals surface area contributed by atoms with Crippen molar-refractivity contribution in [1.82, 2.24) is 14.8 Å². The fraction of sp³-hybridized carbons (Fsp3) is 0.235. The highest BCUT2D eigenvalue weighted by atomic mass is 16.2. The van der Waals surface area contributed by atoms with Crippen molar-refractivity contribution in [3.8, 4) is 0 Å². The monoisotopic (exact) mass is 297 g/mol. The summed E-state index contributed by atoms with van der Waals surface area (Å²) in [5.74, 6) is 0. The van der Waals surface area contributed by atoms with Gasteiger partial charge in [0.25, 0.3) is 5.56 Å². The zero-order chi connectivity index (χ0) is 15.5. The van der Waals surface area contributed by atoms with E-state index < -0.39 is 0 Å². The first kappa shape index (κ1) is 14.4. The van der Waals surface area contributed by atoms with Gasteiger partial charge in [0.05, 0.1) is 10.6 Å². The van der Waals surface area contributed by atoms with Crippen molar-refractivity contribution in [3.63, 3.8) is 0 Å². The smallest absolute Gasteiger partial charge is 0.271 e. The van der Waals surface area contributed by atoms with Gasteiger partial charge in [-0.3, -0.25) is 15.0 Å². The Balaban J connectivity index is 2.13. The van der Waals surface area contributed by atoms with Gasteiger partial charge in [-0.05, 0) is 25.0 Å². The summed E-state index contributed by atoms with van der Waals surface area (Å²) in [5, 5.41) is 16.5. The zero-order valence-corrected chi connectivity index (χ0v) is 12.3. The number of aryl methyl sites for hydroxylation is 1. The number of aliphatic hydroxyl groups excluding tert-OH is 1. The molecule has 3 aromatic rings. The number of unbranched alkanes of at least 4 members (excludes halogenated alkanes) is 1. The molecule has 0 saturated carbocycles. The molecule has 0 aliphatic rings. The average Bonchev–Trinajstić information content (AvgIpc) is 3.03. The lowest BCUT2D eigenvalue weighted by Crippen LogP contribution is -2.32. The van der Waals surface area contributed by atoms with Crippen LogP contribution in [0.3, 0.4) is 0 Å². The molecule has 2 aromatic heterocycles. The Hall–Kier alpha value is -2.53. The molecular formula is C17H19N3O2. The Morgan fingerprint density at radius 2 is 2.05 bits per heavy atom. The summed E-state index contributed by atoms with van der Waals surface area (Å²) in [6.07, 6.45) is 5.61. The number of hydrogen-bond acceptors (Lipinski definition) is 2. The molecule has 114 valence electrons. The second-order valence-electron chi connectivity index (χ2n) is 5.34. The molecule has 0 radical (unpaired) electrons. The van der Waals surface area contributed by atoms with E-state index >= 15 is 0 Å². The van der Waals surface area contributed by atoms with Crippen LogP contribution < -0.4 is 16.1 Å². The Morgan fingerprint density at radius 3 is 2.77 bits per heavy atom. The van der Waals surface area contributed by atoms with Crippen LogP contribution in [0.5, 0.6) is 0 Å². The molecule has 0 aliphatic heterocycles. The molecule has 0 aliphatic carbocycles. The molecule has 22 heavy (non-hydrogen) atoms. The number of nitrogens with one attached hydrogen (secondary N) is 2. The average molecular weight is 297 g/mol. The van der Waals surface area contributed by atoms with Gasteiger partial charge in [0.2, 0.25) is 0 Å². The van der Waals surface area contributed by atoms with Crippen LogP contribution in [0.1, 0.15) is 18.4 Å². The maximum atomic E-state index is 11.8. The van der Waals surface area contributed by atoms with Gasteiger partial charge in [-0.25, -0.2) is 0 Å². The number of H-pyrrole nitrogens is 2. The number of aromatic amines is 2. The minimum Gasteiger partial charge on any atom is -0.396 e. The van der Waals surface area contributed by atoms with Crippen LogP contribution in [0, 0.1) is 0 Å². The lowest BCUT2D eigenvalue weighted by atomic mass is 10.1. The predicted molar refractivity (Wildman–Crippen MR) is 88.0 cm³/mol. The van der Waals surface area contributed by atoms with Crippen molar-refractivity contribution in [3.05, 3.63) is 56.9 Å². The lowest BCUT2D eigenvalue weighted by molar-refractivity contribution is 0.281. The third kappa shape index (κ3) is 2.63. The highest BCUT2D eigenvalue weighted by molar-refractivity contribution is 5.89. The Kier molecular flexibility index (Phi) is 3.98. The zero-order valence-electron chi connectivity index (χ0n) is 12.3. The van der Waals surface area contributed by atoms with E-state index in [0.717, 1.165) is 35.9 Å². The largest absolute Gasteiger partial charge is 0.396 e. The second-order valence-corrected chi connectivity index (χ2v) is 5.34. The number of nitrogens with zero attached hydrogens (tertiary/aromatic N) is 1. The molecule has 0 amide bonds.